The lowest BCUT2D eigenvalue weighted by molar-refractivity contribution is 0.416. The van der Waals surface area contributed by atoms with Crippen LogP contribution in [-0.2, 0) is 0 Å². The number of ether oxygens (including phenoxy) is 1. The topological polar surface area (TPSA) is 70.8 Å². The Balaban J connectivity index is 2.33. The first kappa shape index (κ1) is 15.5. The Bertz CT molecular complexity index is 901. The van der Waals surface area contributed by atoms with Crippen LogP contribution in [0.2, 0.25) is 0 Å². The van der Waals surface area contributed by atoms with Gasteiger partial charge in [0.2, 0.25) is 5.95 Å². The zero-order valence-electron chi connectivity index (χ0n) is 13.4. The molecule has 0 unspecified atom stereocenters. The summed E-state index contributed by atoms with van der Waals surface area (Å²) >= 11 is 0. The van der Waals surface area contributed by atoms with Gasteiger partial charge in [-0.05, 0) is 12.1 Å². The van der Waals surface area contributed by atoms with E-state index >= 15 is 0 Å². The van der Waals surface area contributed by atoms with Gasteiger partial charge >= 0.3 is 0 Å². The van der Waals surface area contributed by atoms with Gasteiger partial charge in [0.25, 0.3) is 0 Å². The van der Waals surface area contributed by atoms with Gasteiger partial charge in [-0.25, -0.2) is 9.97 Å². The summed E-state index contributed by atoms with van der Waals surface area (Å²) in [7, 11) is 3.35. The molecular formula is C19H16N4O. The highest BCUT2D eigenvalue weighted by molar-refractivity contribution is 5.81. The standard InChI is InChI=1S/C19H16N4O/c1-21-19-22-17(13-8-4-3-5-9-13)15(12-20)18(23-19)14-10-6-7-11-16(14)24-2/h3-11H,1-2H3,(H,21,22,23). The highest BCUT2D eigenvalue weighted by Gasteiger charge is 2.19. The van der Waals surface area contributed by atoms with Crippen molar-refractivity contribution < 1.29 is 4.74 Å². The summed E-state index contributed by atoms with van der Waals surface area (Å²) in [5.41, 5.74) is 3.19. The van der Waals surface area contributed by atoms with Gasteiger partial charge in [-0.3, -0.25) is 0 Å². The number of nitriles is 1. The molecule has 118 valence electrons. The molecule has 0 aliphatic carbocycles. The minimum absolute atomic E-state index is 0.421. The number of methoxy groups -OCH3 is 1. The maximum absolute atomic E-state index is 9.76. The molecule has 0 aliphatic heterocycles. The fourth-order valence-electron chi connectivity index (χ4n) is 2.52. The first-order chi connectivity index (χ1) is 11.8. The van der Waals surface area contributed by atoms with E-state index in [9.17, 15) is 5.26 Å². The van der Waals surface area contributed by atoms with Gasteiger partial charge in [-0.1, -0.05) is 42.5 Å². The number of anilines is 1. The maximum Gasteiger partial charge on any atom is 0.223 e. The molecule has 0 aliphatic rings. The van der Waals surface area contributed by atoms with Crippen molar-refractivity contribution in [3.8, 4) is 34.3 Å². The van der Waals surface area contributed by atoms with Crippen molar-refractivity contribution >= 4 is 5.95 Å². The molecule has 0 bridgehead atoms. The van der Waals surface area contributed by atoms with Crippen molar-refractivity contribution in [3.05, 3.63) is 60.2 Å². The molecule has 1 N–H and O–H groups in total. The van der Waals surface area contributed by atoms with Crippen LogP contribution in [0.15, 0.2) is 54.6 Å². The molecule has 24 heavy (non-hydrogen) atoms. The Kier molecular flexibility index (Phi) is 4.39. The number of rotatable bonds is 4. The molecule has 5 nitrogen and oxygen atoms in total. The van der Waals surface area contributed by atoms with E-state index in [1.165, 1.54) is 0 Å². The van der Waals surface area contributed by atoms with E-state index in [1.807, 2.05) is 54.6 Å². The summed E-state index contributed by atoms with van der Waals surface area (Å²) < 4.78 is 5.43. The first-order valence-corrected chi connectivity index (χ1v) is 7.47. The SMILES string of the molecule is CNc1nc(-c2ccccc2)c(C#N)c(-c2ccccc2OC)n1. The molecule has 0 amide bonds. The van der Waals surface area contributed by atoms with E-state index in [0.29, 0.717) is 28.6 Å². The van der Waals surface area contributed by atoms with Gasteiger partial charge in [0.1, 0.15) is 17.4 Å². The van der Waals surface area contributed by atoms with Crippen LogP contribution >= 0.6 is 0 Å². The summed E-state index contributed by atoms with van der Waals surface area (Å²) in [5, 5.41) is 12.7. The number of hydrogen-bond acceptors (Lipinski definition) is 5. The average Bonchev–Trinajstić information content (AvgIpc) is 2.67. The lowest BCUT2D eigenvalue weighted by Crippen LogP contribution is -2.04. The Hall–Kier alpha value is -3.39. The number of nitrogens with zero attached hydrogens (tertiary/aromatic N) is 3. The monoisotopic (exact) mass is 316 g/mol. The Morgan fingerprint density at radius 2 is 1.62 bits per heavy atom. The Labute approximate surface area is 140 Å². The van der Waals surface area contributed by atoms with Crippen LogP contribution in [0.4, 0.5) is 5.95 Å². The van der Waals surface area contributed by atoms with Crippen LogP contribution in [-0.4, -0.2) is 24.1 Å². The molecule has 2 aromatic carbocycles. The van der Waals surface area contributed by atoms with Crippen molar-refractivity contribution in [2.75, 3.05) is 19.5 Å². The Morgan fingerprint density at radius 3 is 2.29 bits per heavy atom. The molecule has 3 rings (SSSR count). The summed E-state index contributed by atoms with van der Waals surface area (Å²) in [6, 6.07) is 19.4. The van der Waals surface area contributed by atoms with Crippen molar-refractivity contribution in [1.29, 1.82) is 5.26 Å². The summed E-state index contributed by atoms with van der Waals surface area (Å²) in [4.78, 5) is 8.99. The zero-order valence-corrected chi connectivity index (χ0v) is 13.4. The van der Waals surface area contributed by atoms with E-state index in [0.717, 1.165) is 11.1 Å². The summed E-state index contributed by atoms with van der Waals surface area (Å²) in [6.07, 6.45) is 0. The number of nitrogens with one attached hydrogen (secondary N) is 1. The predicted octanol–water partition coefficient (Wildman–Crippen LogP) is 3.73. The third-order valence-corrected chi connectivity index (χ3v) is 3.65. The third-order valence-electron chi connectivity index (χ3n) is 3.65. The van der Waals surface area contributed by atoms with Gasteiger partial charge in [-0.2, -0.15) is 5.26 Å². The highest BCUT2D eigenvalue weighted by Crippen LogP contribution is 2.35. The third kappa shape index (κ3) is 2.77. The largest absolute Gasteiger partial charge is 0.496 e. The van der Waals surface area contributed by atoms with E-state index in [2.05, 4.69) is 21.4 Å². The second kappa shape index (κ2) is 6.80. The minimum atomic E-state index is 0.421. The zero-order chi connectivity index (χ0) is 16.9. The summed E-state index contributed by atoms with van der Waals surface area (Å²) in [6.45, 7) is 0. The molecule has 0 atom stereocenters. The quantitative estimate of drug-likeness (QED) is 0.794. The van der Waals surface area contributed by atoms with E-state index in [4.69, 9.17) is 4.74 Å². The molecule has 0 saturated heterocycles. The fraction of sp³-hybridized carbons (Fsp3) is 0.105. The van der Waals surface area contributed by atoms with Crippen molar-refractivity contribution in [2.45, 2.75) is 0 Å². The van der Waals surface area contributed by atoms with Crippen LogP contribution in [0.5, 0.6) is 5.75 Å². The summed E-state index contributed by atoms with van der Waals surface area (Å²) in [5.74, 6) is 1.11. The second-order valence-electron chi connectivity index (χ2n) is 5.05. The molecule has 1 heterocycles. The van der Waals surface area contributed by atoms with Crippen LogP contribution in [0.1, 0.15) is 5.56 Å². The van der Waals surface area contributed by atoms with Crippen molar-refractivity contribution in [3.63, 3.8) is 0 Å². The van der Waals surface area contributed by atoms with Gasteiger partial charge in [0.15, 0.2) is 0 Å². The van der Waals surface area contributed by atoms with Gasteiger partial charge < -0.3 is 10.1 Å². The number of para-hydroxylation sites is 1. The maximum atomic E-state index is 9.76. The molecule has 3 aromatic rings. The van der Waals surface area contributed by atoms with Crippen LogP contribution in [0.3, 0.4) is 0 Å². The Morgan fingerprint density at radius 1 is 0.958 bits per heavy atom. The predicted molar refractivity (Wildman–Crippen MR) is 93.7 cm³/mol. The first-order valence-electron chi connectivity index (χ1n) is 7.47. The van der Waals surface area contributed by atoms with E-state index in [1.54, 1.807) is 14.2 Å². The van der Waals surface area contributed by atoms with Crippen LogP contribution < -0.4 is 10.1 Å². The lowest BCUT2D eigenvalue weighted by atomic mass is 10.0. The van der Waals surface area contributed by atoms with E-state index in [-0.39, 0.29) is 0 Å². The molecule has 0 radical (unpaired) electrons. The normalized spacial score (nSPS) is 10.0. The van der Waals surface area contributed by atoms with Gasteiger partial charge in [0.05, 0.1) is 18.5 Å². The van der Waals surface area contributed by atoms with E-state index < -0.39 is 0 Å². The van der Waals surface area contributed by atoms with Gasteiger partial charge in [0, 0.05) is 18.2 Å². The molecular weight excluding hydrogens is 300 g/mol. The lowest BCUT2D eigenvalue weighted by Gasteiger charge is -2.13. The molecule has 0 saturated carbocycles. The number of benzene rings is 2. The molecule has 0 spiro atoms. The molecule has 0 fully saturated rings. The van der Waals surface area contributed by atoms with Crippen molar-refractivity contribution in [2.24, 2.45) is 0 Å². The smallest absolute Gasteiger partial charge is 0.223 e. The minimum Gasteiger partial charge on any atom is -0.496 e. The highest BCUT2D eigenvalue weighted by atomic mass is 16.5. The number of aromatic nitrogens is 2. The van der Waals surface area contributed by atoms with Crippen molar-refractivity contribution in [1.82, 2.24) is 9.97 Å². The second-order valence-corrected chi connectivity index (χ2v) is 5.05. The van der Waals surface area contributed by atoms with Crippen LogP contribution in [0, 0.1) is 11.3 Å². The average molecular weight is 316 g/mol. The fourth-order valence-corrected chi connectivity index (χ4v) is 2.52. The molecule has 5 heteroatoms. The molecule has 1 aromatic heterocycles. The van der Waals surface area contributed by atoms with Gasteiger partial charge in [-0.15, -0.1) is 0 Å². The number of hydrogen-bond donors (Lipinski definition) is 1. The van der Waals surface area contributed by atoms with Crippen LogP contribution in [0.25, 0.3) is 22.5 Å².